The molecule has 3 aromatic rings. The summed E-state index contributed by atoms with van der Waals surface area (Å²) in [6.07, 6.45) is 2.13. The van der Waals surface area contributed by atoms with Crippen molar-refractivity contribution in [3.63, 3.8) is 0 Å². The Labute approximate surface area is 135 Å². The molecule has 1 saturated heterocycles. The second-order valence-electron chi connectivity index (χ2n) is 5.51. The predicted molar refractivity (Wildman–Crippen MR) is 89.3 cm³/mol. The van der Waals surface area contributed by atoms with Gasteiger partial charge in [0, 0.05) is 11.5 Å². The van der Waals surface area contributed by atoms with Crippen LogP contribution in [0.25, 0.3) is 22.2 Å². The van der Waals surface area contributed by atoms with E-state index in [0.29, 0.717) is 11.7 Å². The first kappa shape index (κ1) is 15.0. The molecule has 5 heteroatoms. The van der Waals surface area contributed by atoms with Crippen molar-refractivity contribution < 1.29 is 4.52 Å². The molecule has 0 saturated carbocycles. The Kier molecular flexibility index (Phi) is 4.41. The SMILES string of the molecule is Cl.c1ccc2c(-c3noc(C4CCNCC4)n3)cccc2c1. The average Bonchev–Trinajstić information content (AvgIpc) is 3.05. The van der Waals surface area contributed by atoms with Crippen molar-refractivity contribution >= 4 is 23.2 Å². The second kappa shape index (κ2) is 6.46. The summed E-state index contributed by atoms with van der Waals surface area (Å²) in [7, 11) is 0. The maximum Gasteiger partial charge on any atom is 0.230 e. The Balaban J connectivity index is 0.00000144. The highest BCUT2D eigenvalue weighted by atomic mass is 35.5. The molecule has 1 aromatic heterocycles. The number of nitrogens with zero attached hydrogens (tertiary/aromatic N) is 2. The van der Waals surface area contributed by atoms with Crippen molar-refractivity contribution in [3.8, 4) is 11.4 Å². The average molecular weight is 316 g/mol. The second-order valence-corrected chi connectivity index (χ2v) is 5.51. The highest BCUT2D eigenvalue weighted by Crippen LogP contribution is 2.29. The highest BCUT2D eigenvalue weighted by Gasteiger charge is 2.22. The molecule has 0 aliphatic carbocycles. The topological polar surface area (TPSA) is 51.0 Å². The van der Waals surface area contributed by atoms with Crippen molar-refractivity contribution in [1.82, 2.24) is 15.5 Å². The standard InChI is InChI=1S/C17H17N3O.ClH/c1-2-6-14-12(4-1)5-3-7-15(14)16-19-17(21-20-16)13-8-10-18-11-9-13;/h1-7,13,18H,8-11H2;1H. The summed E-state index contributed by atoms with van der Waals surface area (Å²) < 4.78 is 5.52. The lowest BCUT2D eigenvalue weighted by molar-refractivity contribution is 0.320. The van der Waals surface area contributed by atoms with Crippen LogP contribution in [-0.2, 0) is 0 Å². The molecule has 0 amide bonds. The molecule has 0 radical (unpaired) electrons. The number of hydrogen-bond donors (Lipinski definition) is 1. The Hall–Kier alpha value is -1.91. The van der Waals surface area contributed by atoms with Crippen molar-refractivity contribution in [2.75, 3.05) is 13.1 Å². The molecule has 2 heterocycles. The van der Waals surface area contributed by atoms with E-state index >= 15 is 0 Å². The van der Waals surface area contributed by atoms with E-state index in [1.54, 1.807) is 0 Å². The minimum atomic E-state index is 0. The normalized spacial score (nSPS) is 15.6. The van der Waals surface area contributed by atoms with Crippen LogP contribution in [0.5, 0.6) is 0 Å². The number of rotatable bonds is 2. The van der Waals surface area contributed by atoms with Gasteiger partial charge in [0.15, 0.2) is 0 Å². The van der Waals surface area contributed by atoms with Crippen molar-refractivity contribution in [3.05, 3.63) is 48.4 Å². The van der Waals surface area contributed by atoms with Crippen LogP contribution in [0, 0.1) is 0 Å². The van der Waals surface area contributed by atoms with Gasteiger partial charge in [0.1, 0.15) is 0 Å². The minimum absolute atomic E-state index is 0. The molecule has 1 aliphatic heterocycles. The van der Waals surface area contributed by atoms with Crippen LogP contribution >= 0.6 is 12.4 Å². The maximum absolute atomic E-state index is 5.52. The number of piperidine rings is 1. The monoisotopic (exact) mass is 315 g/mol. The van der Waals surface area contributed by atoms with E-state index in [9.17, 15) is 0 Å². The molecular formula is C17H18ClN3O. The van der Waals surface area contributed by atoms with Gasteiger partial charge in [-0.15, -0.1) is 12.4 Å². The van der Waals surface area contributed by atoms with Gasteiger partial charge in [0.2, 0.25) is 11.7 Å². The summed E-state index contributed by atoms with van der Waals surface area (Å²) in [5.74, 6) is 1.86. The van der Waals surface area contributed by atoms with Gasteiger partial charge in [-0.05, 0) is 36.7 Å². The summed E-state index contributed by atoms with van der Waals surface area (Å²) >= 11 is 0. The molecule has 0 atom stereocenters. The predicted octanol–water partition coefficient (Wildman–Crippen LogP) is 3.78. The molecular weight excluding hydrogens is 298 g/mol. The van der Waals surface area contributed by atoms with Crippen LogP contribution in [-0.4, -0.2) is 23.2 Å². The van der Waals surface area contributed by atoms with Crippen LogP contribution in [0.3, 0.4) is 0 Å². The molecule has 4 rings (SSSR count). The maximum atomic E-state index is 5.52. The van der Waals surface area contributed by atoms with Gasteiger partial charge in [-0.3, -0.25) is 0 Å². The van der Waals surface area contributed by atoms with Crippen molar-refractivity contribution in [2.45, 2.75) is 18.8 Å². The van der Waals surface area contributed by atoms with E-state index in [-0.39, 0.29) is 12.4 Å². The van der Waals surface area contributed by atoms with Gasteiger partial charge in [-0.2, -0.15) is 4.98 Å². The first-order valence-electron chi connectivity index (χ1n) is 7.44. The lowest BCUT2D eigenvalue weighted by Gasteiger charge is -2.18. The van der Waals surface area contributed by atoms with E-state index < -0.39 is 0 Å². The zero-order valence-corrected chi connectivity index (χ0v) is 13.0. The Bertz CT molecular complexity index is 760. The third kappa shape index (κ3) is 2.72. The number of fused-ring (bicyclic) bond motifs is 1. The molecule has 1 N–H and O–H groups in total. The lowest BCUT2D eigenvalue weighted by Crippen LogP contribution is -2.26. The van der Waals surface area contributed by atoms with Gasteiger partial charge in [0.25, 0.3) is 0 Å². The minimum Gasteiger partial charge on any atom is -0.339 e. The molecule has 4 nitrogen and oxygen atoms in total. The summed E-state index contributed by atoms with van der Waals surface area (Å²) in [5.41, 5.74) is 1.04. The third-order valence-corrected chi connectivity index (χ3v) is 4.16. The molecule has 22 heavy (non-hydrogen) atoms. The largest absolute Gasteiger partial charge is 0.339 e. The smallest absolute Gasteiger partial charge is 0.230 e. The number of benzene rings is 2. The van der Waals surface area contributed by atoms with Crippen molar-refractivity contribution in [1.29, 1.82) is 0 Å². The lowest BCUT2D eigenvalue weighted by atomic mass is 9.98. The van der Waals surface area contributed by atoms with Gasteiger partial charge in [0.05, 0.1) is 0 Å². The van der Waals surface area contributed by atoms with Crippen LogP contribution in [0.4, 0.5) is 0 Å². The number of halogens is 1. The van der Waals surface area contributed by atoms with Gasteiger partial charge in [-0.1, -0.05) is 47.6 Å². The summed E-state index contributed by atoms with van der Waals surface area (Å²) in [6.45, 7) is 2.05. The summed E-state index contributed by atoms with van der Waals surface area (Å²) in [6, 6.07) is 14.5. The fourth-order valence-corrected chi connectivity index (χ4v) is 3.00. The van der Waals surface area contributed by atoms with Crippen LogP contribution in [0.15, 0.2) is 47.0 Å². The molecule has 1 fully saturated rings. The highest BCUT2D eigenvalue weighted by molar-refractivity contribution is 5.94. The first-order valence-corrected chi connectivity index (χ1v) is 7.44. The summed E-state index contributed by atoms with van der Waals surface area (Å²) in [4.78, 5) is 4.65. The Morgan fingerprint density at radius 1 is 1.00 bits per heavy atom. The van der Waals surface area contributed by atoms with Gasteiger partial charge in [-0.25, -0.2) is 0 Å². The molecule has 0 spiro atoms. The van der Waals surface area contributed by atoms with E-state index in [0.717, 1.165) is 42.8 Å². The molecule has 0 unspecified atom stereocenters. The zero-order valence-electron chi connectivity index (χ0n) is 12.2. The third-order valence-electron chi connectivity index (χ3n) is 4.16. The number of aromatic nitrogens is 2. The molecule has 1 aliphatic rings. The fourth-order valence-electron chi connectivity index (χ4n) is 3.00. The molecule has 2 aromatic carbocycles. The van der Waals surface area contributed by atoms with Gasteiger partial charge < -0.3 is 9.84 Å². The zero-order chi connectivity index (χ0) is 14.1. The summed E-state index contributed by atoms with van der Waals surface area (Å²) in [5, 5.41) is 9.92. The molecule has 0 bridgehead atoms. The van der Waals surface area contributed by atoms with E-state index in [2.05, 4.69) is 39.7 Å². The van der Waals surface area contributed by atoms with Crippen LogP contribution < -0.4 is 5.32 Å². The van der Waals surface area contributed by atoms with Gasteiger partial charge >= 0.3 is 0 Å². The number of hydrogen-bond acceptors (Lipinski definition) is 4. The molecule has 114 valence electrons. The van der Waals surface area contributed by atoms with E-state index in [1.807, 2.05) is 18.2 Å². The first-order chi connectivity index (χ1) is 10.4. The van der Waals surface area contributed by atoms with Crippen LogP contribution in [0.1, 0.15) is 24.7 Å². The Morgan fingerprint density at radius 3 is 2.64 bits per heavy atom. The Morgan fingerprint density at radius 2 is 1.77 bits per heavy atom. The fraction of sp³-hybridized carbons (Fsp3) is 0.294. The van der Waals surface area contributed by atoms with Crippen LogP contribution in [0.2, 0.25) is 0 Å². The van der Waals surface area contributed by atoms with E-state index in [1.165, 1.54) is 5.39 Å². The van der Waals surface area contributed by atoms with E-state index in [4.69, 9.17) is 4.52 Å². The van der Waals surface area contributed by atoms with Crippen molar-refractivity contribution in [2.24, 2.45) is 0 Å². The quantitative estimate of drug-likeness (QED) is 0.782. The number of nitrogens with one attached hydrogen (secondary N) is 1.